The van der Waals surface area contributed by atoms with Crippen LogP contribution in [0.3, 0.4) is 0 Å². The van der Waals surface area contributed by atoms with Gasteiger partial charge in [0.05, 0.1) is 23.7 Å². The van der Waals surface area contributed by atoms with Crippen molar-refractivity contribution in [3.05, 3.63) is 24.3 Å². The highest BCUT2D eigenvalue weighted by atomic mass is 16.5. The van der Waals surface area contributed by atoms with E-state index in [9.17, 15) is 0 Å². The molecule has 2 aromatic rings. The number of H-pyrrole nitrogens is 1. The molecular formula is C16H24N4O. The number of ether oxygens (including phenoxy) is 1. The first kappa shape index (κ1) is 14.4. The van der Waals surface area contributed by atoms with E-state index in [-0.39, 0.29) is 0 Å². The molecule has 0 amide bonds. The average Bonchev–Trinajstić information content (AvgIpc) is 2.91. The number of fused-ring (bicyclic) bond motifs is 1. The van der Waals surface area contributed by atoms with Crippen molar-refractivity contribution in [2.75, 3.05) is 44.2 Å². The van der Waals surface area contributed by atoms with E-state index >= 15 is 0 Å². The fourth-order valence-corrected chi connectivity index (χ4v) is 2.69. The maximum absolute atomic E-state index is 5.62. The van der Waals surface area contributed by atoms with Gasteiger partial charge in [-0.1, -0.05) is 12.1 Å². The number of benzene rings is 1. The van der Waals surface area contributed by atoms with E-state index in [1.54, 1.807) is 0 Å². The van der Waals surface area contributed by atoms with E-state index in [1.165, 1.54) is 0 Å². The molecule has 2 heterocycles. The molecule has 1 fully saturated rings. The number of nitrogens with one attached hydrogen (secondary N) is 1. The lowest BCUT2D eigenvalue weighted by Crippen LogP contribution is -2.47. The number of piperazine rings is 1. The molecule has 1 N–H and O–H groups in total. The van der Waals surface area contributed by atoms with Crippen molar-refractivity contribution in [3.8, 4) is 0 Å². The molecule has 114 valence electrons. The predicted molar refractivity (Wildman–Crippen MR) is 85.8 cm³/mol. The standard InChI is InChI=1S/C16H24N4O/c1-13(2)21-12-11-19-7-9-20(10-8-19)16-17-14-5-3-4-6-15(14)18-16/h3-6,13H,7-12H2,1-2H3,(H,17,18). The van der Waals surface area contributed by atoms with E-state index in [0.29, 0.717) is 6.10 Å². The third-order valence-electron chi connectivity index (χ3n) is 3.91. The van der Waals surface area contributed by atoms with Gasteiger partial charge in [0.1, 0.15) is 0 Å². The topological polar surface area (TPSA) is 44.4 Å². The summed E-state index contributed by atoms with van der Waals surface area (Å²) in [7, 11) is 0. The number of para-hydroxylation sites is 2. The third-order valence-corrected chi connectivity index (χ3v) is 3.91. The van der Waals surface area contributed by atoms with Gasteiger partial charge in [-0.2, -0.15) is 0 Å². The Kier molecular flexibility index (Phi) is 4.41. The Labute approximate surface area is 125 Å². The molecule has 21 heavy (non-hydrogen) atoms. The third kappa shape index (κ3) is 3.54. The van der Waals surface area contributed by atoms with Crippen molar-refractivity contribution in [1.29, 1.82) is 0 Å². The van der Waals surface area contributed by atoms with Crippen molar-refractivity contribution in [3.63, 3.8) is 0 Å². The second-order valence-corrected chi connectivity index (χ2v) is 5.83. The quantitative estimate of drug-likeness (QED) is 0.915. The molecule has 0 unspecified atom stereocenters. The van der Waals surface area contributed by atoms with Crippen molar-refractivity contribution < 1.29 is 4.74 Å². The first-order chi connectivity index (χ1) is 10.2. The molecule has 1 saturated heterocycles. The second kappa shape index (κ2) is 6.45. The van der Waals surface area contributed by atoms with Gasteiger partial charge in [0, 0.05) is 32.7 Å². The van der Waals surface area contributed by atoms with Crippen LogP contribution in [0.5, 0.6) is 0 Å². The molecule has 5 heteroatoms. The maximum atomic E-state index is 5.62. The minimum absolute atomic E-state index is 0.321. The number of rotatable bonds is 5. The van der Waals surface area contributed by atoms with E-state index in [0.717, 1.165) is 56.3 Å². The normalized spacial score (nSPS) is 17.0. The summed E-state index contributed by atoms with van der Waals surface area (Å²) in [5.41, 5.74) is 2.15. The zero-order chi connectivity index (χ0) is 14.7. The molecule has 1 aliphatic heterocycles. The Morgan fingerprint density at radius 2 is 1.95 bits per heavy atom. The van der Waals surface area contributed by atoms with Crippen molar-refractivity contribution >= 4 is 17.0 Å². The fourth-order valence-electron chi connectivity index (χ4n) is 2.69. The molecule has 5 nitrogen and oxygen atoms in total. The van der Waals surface area contributed by atoms with Gasteiger partial charge in [0.25, 0.3) is 0 Å². The van der Waals surface area contributed by atoms with Crippen LogP contribution in [0.25, 0.3) is 11.0 Å². The van der Waals surface area contributed by atoms with Crippen LogP contribution in [0.15, 0.2) is 24.3 Å². The van der Waals surface area contributed by atoms with Crippen molar-refractivity contribution in [2.45, 2.75) is 20.0 Å². The van der Waals surface area contributed by atoms with Crippen molar-refractivity contribution in [1.82, 2.24) is 14.9 Å². The molecular weight excluding hydrogens is 264 g/mol. The van der Waals surface area contributed by atoms with Crippen LogP contribution < -0.4 is 4.90 Å². The van der Waals surface area contributed by atoms with Gasteiger partial charge in [-0.3, -0.25) is 4.90 Å². The lowest BCUT2D eigenvalue weighted by Gasteiger charge is -2.34. The van der Waals surface area contributed by atoms with Gasteiger partial charge >= 0.3 is 0 Å². The molecule has 1 aliphatic rings. The molecule has 1 aromatic heterocycles. The molecule has 1 aromatic carbocycles. The smallest absolute Gasteiger partial charge is 0.203 e. The highest BCUT2D eigenvalue weighted by Gasteiger charge is 2.19. The largest absolute Gasteiger partial charge is 0.377 e. The molecule has 0 saturated carbocycles. The summed E-state index contributed by atoms with van der Waals surface area (Å²) in [4.78, 5) is 12.9. The van der Waals surface area contributed by atoms with Crippen LogP contribution >= 0.6 is 0 Å². The van der Waals surface area contributed by atoms with E-state index in [2.05, 4.69) is 45.7 Å². The summed E-state index contributed by atoms with van der Waals surface area (Å²) in [5.74, 6) is 0.995. The SMILES string of the molecule is CC(C)OCCN1CCN(c2nc3ccccc3[nH]2)CC1. The van der Waals surface area contributed by atoms with Gasteiger partial charge in [-0.15, -0.1) is 0 Å². The second-order valence-electron chi connectivity index (χ2n) is 5.83. The fraction of sp³-hybridized carbons (Fsp3) is 0.562. The summed E-state index contributed by atoms with van der Waals surface area (Å²) >= 11 is 0. The highest BCUT2D eigenvalue weighted by molar-refractivity contribution is 5.77. The van der Waals surface area contributed by atoms with Crippen LogP contribution in [0.1, 0.15) is 13.8 Å². The van der Waals surface area contributed by atoms with Crippen LogP contribution in [0.4, 0.5) is 5.95 Å². The zero-order valence-corrected chi connectivity index (χ0v) is 12.9. The van der Waals surface area contributed by atoms with Crippen LogP contribution in [-0.2, 0) is 4.74 Å². The van der Waals surface area contributed by atoms with Gasteiger partial charge in [-0.05, 0) is 26.0 Å². The van der Waals surface area contributed by atoms with Crippen LogP contribution in [0, 0.1) is 0 Å². The van der Waals surface area contributed by atoms with E-state index < -0.39 is 0 Å². The van der Waals surface area contributed by atoms with Crippen LogP contribution in [0.2, 0.25) is 0 Å². The van der Waals surface area contributed by atoms with Gasteiger partial charge < -0.3 is 14.6 Å². The van der Waals surface area contributed by atoms with Gasteiger partial charge in [0.15, 0.2) is 0 Å². The number of aromatic nitrogens is 2. The molecule has 0 aliphatic carbocycles. The molecule has 0 bridgehead atoms. The first-order valence-corrected chi connectivity index (χ1v) is 7.76. The van der Waals surface area contributed by atoms with Crippen LogP contribution in [-0.4, -0.2) is 60.3 Å². The Hall–Kier alpha value is -1.59. The lowest BCUT2D eigenvalue weighted by atomic mass is 10.3. The predicted octanol–water partition coefficient (Wildman–Crippen LogP) is 2.11. The number of hydrogen-bond donors (Lipinski definition) is 1. The Morgan fingerprint density at radius 3 is 2.67 bits per heavy atom. The lowest BCUT2D eigenvalue weighted by molar-refractivity contribution is 0.0578. The maximum Gasteiger partial charge on any atom is 0.203 e. The number of anilines is 1. The summed E-state index contributed by atoms with van der Waals surface area (Å²) in [5, 5.41) is 0. The minimum Gasteiger partial charge on any atom is -0.377 e. The van der Waals surface area contributed by atoms with Gasteiger partial charge in [0.2, 0.25) is 5.95 Å². The summed E-state index contributed by atoms with van der Waals surface area (Å²) in [6.45, 7) is 10.2. The molecule has 0 atom stereocenters. The van der Waals surface area contributed by atoms with E-state index in [1.807, 2.05) is 12.1 Å². The monoisotopic (exact) mass is 288 g/mol. The van der Waals surface area contributed by atoms with Crippen molar-refractivity contribution in [2.24, 2.45) is 0 Å². The summed E-state index contributed by atoms with van der Waals surface area (Å²) in [6.07, 6.45) is 0.321. The number of nitrogens with zero attached hydrogens (tertiary/aromatic N) is 3. The Bertz CT molecular complexity index is 539. The Morgan fingerprint density at radius 1 is 1.19 bits per heavy atom. The van der Waals surface area contributed by atoms with Gasteiger partial charge in [-0.25, -0.2) is 4.98 Å². The summed E-state index contributed by atoms with van der Waals surface area (Å²) in [6, 6.07) is 8.19. The first-order valence-electron chi connectivity index (χ1n) is 7.76. The average molecular weight is 288 g/mol. The minimum atomic E-state index is 0.321. The summed E-state index contributed by atoms with van der Waals surface area (Å²) < 4.78 is 5.62. The highest BCUT2D eigenvalue weighted by Crippen LogP contribution is 2.18. The Balaban J connectivity index is 1.53. The zero-order valence-electron chi connectivity index (χ0n) is 12.9. The number of imidazole rings is 1. The molecule has 0 spiro atoms. The number of aromatic amines is 1. The number of hydrogen-bond acceptors (Lipinski definition) is 4. The van der Waals surface area contributed by atoms with E-state index in [4.69, 9.17) is 4.74 Å². The molecule has 0 radical (unpaired) electrons. The molecule has 3 rings (SSSR count).